The van der Waals surface area contributed by atoms with Gasteiger partial charge in [-0.25, -0.2) is 0 Å². The zero-order valence-electron chi connectivity index (χ0n) is 12.4. The van der Waals surface area contributed by atoms with Crippen molar-refractivity contribution in [2.75, 3.05) is 33.4 Å². The van der Waals surface area contributed by atoms with Crippen molar-refractivity contribution in [2.24, 2.45) is 0 Å². The van der Waals surface area contributed by atoms with E-state index in [0.717, 1.165) is 37.3 Å². The number of hydrogen-bond donors (Lipinski definition) is 1. The summed E-state index contributed by atoms with van der Waals surface area (Å²) in [4.78, 5) is 14.1. The van der Waals surface area contributed by atoms with Crippen molar-refractivity contribution in [3.8, 4) is 0 Å². The second-order valence-electron chi connectivity index (χ2n) is 5.27. The summed E-state index contributed by atoms with van der Waals surface area (Å²) in [5.41, 5.74) is 0. The largest absolute Gasteiger partial charge is 0.465 e. The van der Waals surface area contributed by atoms with Gasteiger partial charge in [0, 0.05) is 20.3 Å². The average Bonchev–Trinajstić information content (AvgIpc) is 3.03. The molecule has 0 radical (unpaired) electrons. The third-order valence-electron chi connectivity index (χ3n) is 3.65. The van der Waals surface area contributed by atoms with Gasteiger partial charge in [-0.1, -0.05) is 0 Å². The van der Waals surface area contributed by atoms with E-state index in [1.165, 1.54) is 0 Å². The van der Waals surface area contributed by atoms with E-state index in [2.05, 4.69) is 10.2 Å². The Balaban J connectivity index is 1.80. The van der Waals surface area contributed by atoms with Crippen LogP contribution in [0.5, 0.6) is 0 Å². The van der Waals surface area contributed by atoms with Gasteiger partial charge in [0.15, 0.2) is 0 Å². The topological polar surface area (TPSA) is 54.7 Å². The van der Waals surface area contributed by atoms with Crippen LogP contribution in [0.1, 0.15) is 36.8 Å². The molecule has 20 heavy (non-hydrogen) atoms. The minimum absolute atomic E-state index is 0.0799. The van der Waals surface area contributed by atoms with Gasteiger partial charge >= 0.3 is 0 Å². The molecule has 1 atom stereocenters. The van der Waals surface area contributed by atoms with Crippen LogP contribution in [0, 0.1) is 6.92 Å². The fourth-order valence-electron chi connectivity index (χ4n) is 2.65. The first-order valence-corrected chi connectivity index (χ1v) is 7.26. The van der Waals surface area contributed by atoms with Gasteiger partial charge in [-0.2, -0.15) is 0 Å². The molecule has 5 heteroatoms. The molecule has 112 valence electrons. The van der Waals surface area contributed by atoms with E-state index < -0.39 is 0 Å². The normalized spacial score (nSPS) is 19.4. The summed E-state index contributed by atoms with van der Waals surface area (Å²) in [7, 11) is 1.67. The van der Waals surface area contributed by atoms with Crippen molar-refractivity contribution in [1.29, 1.82) is 0 Å². The Morgan fingerprint density at radius 2 is 2.40 bits per heavy atom. The third kappa shape index (κ3) is 4.08. The summed E-state index contributed by atoms with van der Waals surface area (Å²) >= 11 is 0. The van der Waals surface area contributed by atoms with E-state index in [1.807, 2.05) is 19.1 Å². The van der Waals surface area contributed by atoms with Gasteiger partial charge in [-0.15, -0.1) is 0 Å². The van der Waals surface area contributed by atoms with E-state index in [0.29, 0.717) is 19.7 Å². The zero-order valence-corrected chi connectivity index (χ0v) is 12.4. The number of furan rings is 1. The molecule has 0 bridgehead atoms. The molecule has 2 rings (SSSR count). The maximum atomic E-state index is 11.9. The van der Waals surface area contributed by atoms with Crippen molar-refractivity contribution in [3.63, 3.8) is 0 Å². The monoisotopic (exact) mass is 280 g/mol. The second-order valence-corrected chi connectivity index (χ2v) is 5.27. The first-order chi connectivity index (χ1) is 9.70. The molecule has 1 aliphatic rings. The van der Waals surface area contributed by atoms with Gasteiger partial charge < -0.3 is 14.5 Å². The molecule has 0 unspecified atom stereocenters. The van der Waals surface area contributed by atoms with Crippen molar-refractivity contribution in [2.45, 2.75) is 32.2 Å². The Hall–Kier alpha value is -1.33. The number of methoxy groups -OCH3 is 1. The van der Waals surface area contributed by atoms with Crippen LogP contribution in [0.2, 0.25) is 0 Å². The van der Waals surface area contributed by atoms with Crippen LogP contribution < -0.4 is 5.32 Å². The molecule has 0 aromatic carbocycles. The smallest absolute Gasteiger partial charge is 0.234 e. The van der Waals surface area contributed by atoms with E-state index in [9.17, 15) is 4.79 Å². The molecular formula is C15H24N2O3. The minimum atomic E-state index is 0.0799. The summed E-state index contributed by atoms with van der Waals surface area (Å²) < 4.78 is 10.7. The van der Waals surface area contributed by atoms with Gasteiger partial charge in [0.05, 0.1) is 12.6 Å². The van der Waals surface area contributed by atoms with Crippen molar-refractivity contribution in [1.82, 2.24) is 10.2 Å². The lowest BCUT2D eigenvalue weighted by Gasteiger charge is -2.22. The number of carbonyl (C=O) groups is 1. The highest BCUT2D eigenvalue weighted by molar-refractivity contribution is 5.78. The molecule has 1 aliphatic heterocycles. The molecule has 1 saturated heterocycles. The number of likely N-dealkylation sites (tertiary alicyclic amines) is 1. The quantitative estimate of drug-likeness (QED) is 0.775. The molecule has 5 nitrogen and oxygen atoms in total. The summed E-state index contributed by atoms with van der Waals surface area (Å²) in [6, 6.07) is 4.25. The Kier molecular flexibility index (Phi) is 5.61. The van der Waals surface area contributed by atoms with Crippen LogP contribution in [-0.2, 0) is 9.53 Å². The van der Waals surface area contributed by atoms with Crippen LogP contribution >= 0.6 is 0 Å². The van der Waals surface area contributed by atoms with Crippen LogP contribution in [0.25, 0.3) is 0 Å². The van der Waals surface area contributed by atoms with E-state index in [-0.39, 0.29) is 11.9 Å². The molecule has 2 heterocycles. The number of hydrogen-bond acceptors (Lipinski definition) is 4. The highest BCUT2D eigenvalue weighted by atomic mass is 16.5. The van der Waals surface area contributed by atoms with Crippen molar-refractivity contribution >= 4 is 5.91 Å². The van der Waals surface area contributed by atoms with Gasteiger partial charge in [0.2, 0.25) is 5.91 Å². The molecule has 0 spiro atoms. The van der Waals surface area contributed by atoms with Crippen molar-refractivity contribution in [3.05, 3.63) is 23.7 Å². The summed E-state index contributed by atoms with van der Waals surface area (Å²) in [5, 5.41) is 2.93. The minimum Gasteiger partial charge on any atom is -0.465 e. The van der Waals surface area contributed by atoms with E-state index in [4.69, 9.17) is 9.15 Å². The molecule has 0 saturated carbocycles. The zero-order chi connectivity index (χ0) is 14.4. The summed E-state index contributed by atoms with van der Waals surface area (Å²) in [5.74, 6) is 1.99. The van der Waals surface area contributed by atoms with Crippen LogP contribution in [0.15, 0.2) is 16.5 Å². The molecule has 0 aliphatic carbocycles. The lowest BCUT2D eigenvalue weighted by molar-refractivity contribution is -0.122. The van der Waals surface area contributed by atoms with E-state index >= 15 is 0 Å². The predicted molar refractivity (Wildman–Crippen MR) is 76.5 cm³/mol. The summed E-state index contributed by atoms with van der Waals surface area (Å²) in [6.07, 6.45) is 3.02. The molecule has 1 N–H and O–H groups in total. The first kappa shape index (κ1) is 15.1. The molecule has 1 aromatic rings. The average molecular weight is 280 g/mol. The molecule has 1 fully saturated rings. The number of nitrogens with one attached hydrogen (secondary N) is 1. The Labute approximate surface area is 120 Å². The van der Waals surface area contributed by atoms with Crippen LogP contribution in [0.4, 0.5) is 0 Å². The molecule has 1 aromatic heterocycles. The molecular weight excluding hydrogens is 256 g/mol. The first-order valence-electron chi connectivity index (χ1n) is 7.26. The van der Waals surface area contributed by atoms with Crippen LogP contribution in [0.3, 0.4) is 0 Å². The van der Waals surface area contributed by atoms with Crippen LogP contribution in [-0.4, -0.2) is 44.2 Å². The summed E-state index contributed by atoms with van der Waals surface area (Å²) in [6.45, 7) is 4.70. The Morgan fingerprint density at radius 3 is 3.10 bits per heavy atom. The SMILES string of the molecule is COCCCNC(=O)CN1CCC[C@H]1c1ccc(C)o1. The Bertz CT molecular complexity index is 431. The fourth-order valence-corrected chi connectivity index (χ4v) is 2.65. The lowest BCUT2D eigenvalue weighted by atomic mass is 10.1. The van der Waals surface area contributed by atoms with Gasteiger partial charge in [-0.05, 0) is 44.9 Å². The van der Waals surface area contributed by atoms with Crippen molar-refractivity contribution < 1.29 is 13.9 Å². The Morgan fingerprint density at radius 1 is 1.55 bits per heavy atom. The molecule has 1 amide bonds. The standard InChI is InChI=1S/C15H24N2O3/c1-12-6-7-14(20-12)13-5-3-9-17(13)11-15(18)16-8-4-10-19-2/h6-7,13H,3-5,8-11H2,1-2H3,(H,16,18)/t13-/m0/s1. The number of rotatable bonds is 7. The third-order valence-corrected chi connectivity index (χ3v) is 3.65. The predicted octanol–water partition coefficient (Wildman–Crippen LogP) is 1.88. The van der Waals surface area contributed by atoms with Gasteiger partial charge in [-0.3, -0.25) is 9.69 Å². The highest BCUT2D eigenvalue weighted by Crippen LogP contribution is 2.32. The van der Waals surface area contributed by atoms with E-state index in [1.54, 1.807) is 7.11 Å². The van der Waals surface area contributed by atoms with Gasteiger partial charge in [0.25, 0.3) is 0 Å². The number of carbonyl (C=O) groups excluding carboxylic acids is 1. The number of nitrogens with zero attached hydrogens (tertiary/aromatic N) is 1. The highest BCUT2D eigenvalue weighted by Gasteiger charge is 2.29. The maximum Gasteiger partial charge on any atom is 0.234 e. The number of amides is 1. The maximum absolute atomic E-state index is 11.9. The van der Waals surface area contributed by atoms with Gasteiger partial charge in [0.1, 0.15) is 11.5 Å². The lowest BCUT2D eigenvalue weighted by Crippen LogP contribution is -2.37. The fraction of sp³-hybridized carbons (Fsp3) is 0.667. The number of aryl methyl sites for hydroxylation is 1. The number of ether oxygens (including phenoxy) is 1. The second kappa shape index (κ2) is 7.45.